The van der Waals surface area contributed by atoms with Crippen LogP contribution in [0.25, 0.3) is 0 Å². The number of pyridine rings is 1. The van der Waals surface area contributed by atoms with E-state index in [1.807, 2.05) is 12.1 Å². The number of carbonyl (C=O) groups excluding carboxylic acids is 2. The number of carbonyl (C=O) groups is 2. The van der Waals surface area contributed by atoms with Crippen molar-refractivity contribution in [2.75, 3.05) is 18.7 Å². The number of aromatic nitrogens is 3. The van der Waals surface area contributed by atoms with Gasteiger partial charge in [-0.25, -0.2) is 9.37 Å². The number of nitrogens with one attached hydrogen (secondary N) is 2. The number of nitrogens with zero attached hydrogens (tertiary/aromatic N) is 4. The standard InChI is InChI=1S/C44H41Cl2F3N6O4/c45-28-13-16-31-32(19-28)53-41(58)44(31)33(30-17-18-50-38(46)34(30)49)36(39(57)52-29-14-11-27(12-15-29)40-54-51-24-59-40)55(43(44)20-42(21-43,22-47)23-48)35(25-7-3-1-4-8-25)37(56)26-9-5-2-6-10-26/h1-10,13,16-19,24,27,29,33,35-37,56H,11-12,14-15,20-23H2,(H,52,57)(H,53,58)/t27?,29?,33-,35+,36+,37-,44-/m0/s1. The van der Waals surface area contributed by atoms with Gasteiger partial charge in [0.05, 0.1) is 31.5 Å². The molecule has 2 aliphatic carbocycles. The van der Waals surface area contributed by atoms with Gasteiger partial charge >= 0.3 is 0 Å². The van der Waals surface area contributed by atoms with Crippen LogP contribution in [-0.2, 0) is 15.0 Å². The summed E-state index contributed by atoms with van der Waals surface area (Å²) in [5.74, 6) is -2.93. The van der Waals surface area contributed by atoms with Crippen molar-refractivity contribution >= 4 is 40.7 Å². The van der Waals surface area contributed by atoms with Crippen molar-refractivity contribution in [1.29, 1.82) is 0 Å². The quantitative estimate of drug-likeness (QED) is 0.120. The molecule has 10 nitrogen and oxygen atoms in total. The van der Waals surface area contributed by atoms with Gasteiger partial charge in [0.2, 0.25) is 24.1 Å². The van der Waals surface area contributed by atoms with Crippen LogP contribution in [0.3, 0.4) is 0 Å². The van der Waals surface area contributed by atoms with Crippen molar-refractivity contribution in [1.82, 2.24) is 25.4 Å². The van der Waals surface area contributed by atoms with E-state index in [0.29, 0.717) is 59.0 Å². The third kappa shape index (κ3) is 6.18. The van der Waals surface area contributed by atoms with E-state index in [2.05, 4.69) is 25.8 Å². The lowest BCUT2D eigenvalue weighted by molar-refractivity contribution is -0.166. The highest BCUT2D eigenvalue weighted by molar-refractivity contribution is 6.31. The first kappa shape index (κ1) is 39.6. The highest BCUT2D eigenvalue weighted by atomic mass is 35.5. The number of benzene rings is 3. The summed E-state index contributed by atoms with van der Waals surface area (Å²) < 4.78 is 53.2. The molecule has 1 saturated heterocycles. The minimum Gasteiger partial charge on any atom is -0.428 e. The highest BCUT2D eigenvalue weighted by Crippen LogP contribution is 2.74. The zero-order valence-corrected chi connectivity index (χ0v) is 33.2. The number of hydrogen-bond acceptors (Lipinski definition) is 8. The summed E-state index contributed by atoms with van der Waals surface area (Å²) in [6.45, 7) is -2.11. The van der Waals surface area contributed by atoms with Crippen molar-refractivity contribution in [2.24, 2.45) is 5.41 Å². The normalized spacial score (nSPS) is 26.6. The molecule has 2 amide bonds. The van der Waals surface area contributed by atoms with Crippen LogP contribution in [0.5, 0.6) is 0 Å². The molecule has 15 heteroatoms. The lowest BCUT2D eigenvalue weighted by Crippen LogP contribution is -2.72. The number of aliphatic hydroxyl groups is 1. The zero-order chi connectivity index (χ0) is 41.1. The Balaban J connectivity index is 1.31. The molecule has 306 valence electrons. The monoisotopic (exact) mass is 844 g/mol. The Morgan fingerprint density at radius 1 is 0.966 bits per heavy atom. The highest BCUT2D eigenvalue weighted by Gasteiger charge is 2.82. The van der Waals surface area contributed by atoms with E-state index in [0.717, 1.165) is 0 Å². The molecule has 4 heterocycles. The number of hydrogen-bond donors (Lipinski definition) is 3. The Labute approximate surface area is 348 Å². The van der Waals surface area contributed by atoms with Crippen LogP contribution in [0.4, 0.5) is 18.9 Å². The van der Waals surface area contributed by atoms with Crippen LogP contribution in [0.2, 0.25) is 10.2 Å². The summed E-state index contributed by atoms with van der Waals surface area (Å²) >= 11 is 13.0. The maximum atomic E-state index is 17.0. The Morgan fingerprint density at radius 3 is 2.29 bits per heavy atom. The second-order valence-corrected chi connectivity index (χ2v) is 17.3. The molecule has 59 heavy (non-hydrogen) atoms. The molecule has 9 rings (SSSR count). The molecule has 0 bridgehead atoms. The van der Waals surface area contributed by atoms with Crippen LogP contribution in [-0.4, -0.2) is 68.0 Å². The van der Waals surface area contributed by atoms with E-state index in [9.17, 15) is 5.11 Å². The fourth-order valence-corrected chi connectivity index (χ4v) is 11.3. The predicted octanol–water partition coefficient (Wildman–Crippen LogP) is 8.34. The van der Waals surface area contributed by atoms with Crippen molar-refractivity contribution in [3.63, 3.8) is 0 Å². The van der Waals surface area contributed by atoms with Gasteiger partial charge in [0.25, 0.3) is 0 Å². The van der Waals surface area contributed by atoms with Crippen LogP contribution in [0, 0.1) is 11.2 Å². The summed E-state index contributed by atoms with van der Waals surface area (Å²) in [5, 5.41) is 26.7. The summed E-state index contributed by atoms with van der Waals surface area (Å²) in [5.41, 5.74) is -3.33. The molecule has 5 aromatic rings. The molecule has 2 saturated carbocycles. The molecule has 0 radical (unpaired) electrons. The summed E-state index contributed by atoms with van der Waals surface area (Å²) in [4.78, 5) is 36.9. The average Bonchev–Trinajstić information content (AvgIpc) is 3.94. The molecule has 3 aromatic carbocycles. The molecule has 2 aliphatic heterocycles. The topological polar surface area (TPSA) is 133 Å². The minimum absolute atomic E-state index is 0.000494. The third-order valence-electron chi connectivity index (χ3n) is 13.4. The second kappa shape index (κ2) is 15.3. The summed E-state index contributed by atoms with van der Waals surface area (Å²) in [6.07, 6.45) is 3.13. The smallest absolute Gasteiger partial charge is 0.238 e. The molecule has 3 fully saturated rings. The first-order valence-electron chi connectivity index (χ1n) is 19.7. The first-order chi connectivity index (χ1) is 28.6. The number of aliphatic hydroxyl groups excluding tert-OH is 1. The second-order valence-electron chi connectivity index (χ2n) is 16.5. The molecule has 2 spiro atoms. The van der Waals surface area contributed by atoms with E-state index in [1.54, 1.807) is 71.6 Å². The van der Waals surface area contributed by atoms with Gasteiger partial charge in [-0.3, -0.25) is 23.3 Å². The predicted molar refractivity (Wildman–Crippen MR) is 214 cm³/mol. The largest absolute Gasteiger partial charge is 0.428 e. The number of anilines is 1. The lowest BCUT2D eigenvalue weighted by atomic mass is 9.45. The number of likely N-dealkylation sites (tertiary alicyclic amines) is 1. The van der Waals surface area contributed by atoms with Crippen LogP contribution < -0.4 is 10.6 Å². The van der Waals surface area contributed by atoms with Gasteiger partial charge in [0.1, 0.15) is 5.41 Å². The fourth-order valence-electron chi connectivity index (χ4n) is 11.0. The molecule has 2 aromatic heterocycles. The van der Waals surface area contributed by atoms with Crippen molar-refractivity contribution < 1.29 is 32.3 Å². The Kier molecular flexibility index (Phi) is 10.3. The molecular formula is C44H41Cl2F3N6O4. The number of fused-ring (bicyclic) bond motifs is 3. The third-order valence-corrected chi connectivity index (χ3v) is 13.9. The minimum atomic E-state index is -1.88. The Bertz CT molecular complexity index is 2340. The van der Waals surface area contributed by atoms with E-state index in [1.165, 1.54) is 18.7 Å². The van der Waals surface area contributed by atoms with Crippen molar-refractivity contribution in [3.05, 3.63) is 142 Å². The van der Waals surface area contributed by atoms with Gasteiger partial charge in [0.15, 0.2) is 11.0 Å². The Morgan fingerprint density at radius 2 is 1.64 bits per heavy atom. The van der Waals surface area contributed by atoms with E-state index in [-0.39, 0.29) is 30.4 Å². The summed E-state index contributed by atoms with van der Waals surface area (Å²) in [6, 6.07) is 21.3. The van der Waals surface area contributed by atoms with Crippen molar-refractivity contribution in [2.45, 2.75) is 85.5 Å². The van der Waals surface area contributed by atoms with Gasteiger partial charge in [-0.2, -0.15) is 0 Å². The average molecular weight is 846 g/mol. The maximum absolute atomic E-state index is 17.0. The number of amides is 2. The van der Waals surface area contributed by atoms with Crippen LogP contribution in [0.15, 0.2) is 102 Å². The summed E-state index contributed by atoms with van der Waals surface area (Å²) in [7, 11) is 0. The van der Waals surface area contributed by atoms with E-state index in [4.69, 9.17) is 27.6 Å². The molecule has 4 aliphatic rings. The van der Waals surface area contributed by atoms with Crippen LogP contribution in [0.1, 0.15) is 90.7 Å². The van der Waals surface area contributed by atoms with E-state index < -0.39 is 76.6 Å². The maximum Gasteiger partial charge on any atom is 0.238 e. The van der Waals surface area contributed by atoms with Crippen LogP contribution >= 0.6 is 23.2 Å². The van der Waals surface area contributed by atoms with Gasteiger partial charge in [-0.15, -0.1) is 10.2 Å². The van der Waals surface area contributed by atoms with E-state index >= 15 is 22.8 Å². The number of alkyl halides is 2. The van der Waals surface area contributed by atoms with Crippen molar-refractivity contribution in [3.8, 4) is 0 Å². The lowest BCUT2D eigenvalue weighted by Gasteiger charge is -2.63. The first-order valence-corrected chi connectivity index (χ1v) is 20.5. The molecular weight excluding hydrogens is 804 g/mol. The number of halogens is 5. The van der Waals surface area contributed by atoms with Gasteiger partial charge in [-0.1, -0.05) is 89.9 Å². The number of rotatable bonds is 10. The zero-order valence-electron chi connectivity index (χ0n) is 31.7. The Hall–Kier alpha value is -4.82. The fraction of sp³-hybridized carbons (Fsp3) is 0.386. The van der Waals surface area contributed by atoms with Gasteiger partial charge < -0.3 is 20.2 Å². The molecule has 3 N–H and O–H groups in total. The molecule has 0 unspecified atom stereocenters. The SMILES string of the molecule is O=C(NC1CCC(c2nnco2)CC1)[C@H]1[C@H](c2ccnc(Cl)c2F)[C@@]2(C(=O)Nc3cc(Cl)ccc32)C2(CC(CF)(CF)C2)N1[C@H](c1ccccc1)[C@@H](O)c1ccccc1. The van der Waals surface area contributed by atoms with Gasteiger partial charge in [0, 0.05) is 45.7 Å². The van der Waals surface area contributed by atoms with Gasteiger partial charge in [-0.05, 0) is 79.0 Å². The molecule has 5 atom stereocenters.